The van der Waals surface area contributed by atoms with Gasteiger partial charge >= 0.3 is 5.97 Å². The second kappa shape index (κ2) is 4.82. The summed E-state index contributed by atoms with van der Waals surface area (Å²) >= 11 is 3.11. The van der Waals surface area contributed by atoms with Crippen molar-refractivity contribution >= 4 is 27.6 Å². The number of carboxylic acids is 1. The second-order valence-corrected chi connectivity index (χ2v) is 4.80. The molecule has 0 fully saturated rings. The molecular formula is C11H13BrFNO2. The summed E-state index contributed by atoms with van der Waals surface area (Å²) in [6.45, 7) is 3.52. The fourth-order valence-electron chi connectivity index (χ4n) is 1.64. The van der Waals surface area contributed by atoms with Crippen molar-refractivity contribution in [2.45, 2.75) is 19.8 Å². The van der Waals surface area contributed by atoms with E-state index in [0.717, 1.165) is 0 Å². The third kappa shape index (κ3) is 2.52. The first-order chi connectivity index (χ1) is 7.34. The lowest BCUT2D eigenvalue weighted by Gasteiger charge is -2.19. The van der Waals surface area contributed by atoms with Crippen LogP contribution in [-0.4, -0.2) is 11.1 Å². The Morgan fingerprint density at radius 3 is 2.50 bits per heavy atom. The molecule has 0 spiro atoms. The number of hydrogen-bond donors (Lipinski definition) is 2. The topological polar surface area (TPSA) is 63.3 Å². The molecule has 0 aliphatic heterocycles. The normalized spacial score (nSPS) is 12.8. The van der Waals surface area contributed by atoms with Gasteiger partial charge in [0.2, 0.25) is 0 Å². The largest absolute Gasteiger partial charge is 0.481 e. The van der Waals surface area contributed by atoms with Crippen LogP contribution in [0.5, 0.6) is 0 Å². The highest BCUT2D eigenvalue weighted by Gasteiger charge is 2.26. The van der Waals surface area contributed by atoms with Crippen LogP contribution in [0, 0.1) is 11.7 Å². The summed E-state index contributed by atoms with van der Waals surface area (Å²) in [5.74, 6) is -2.46. The molecule has 1 aromatic rings. The van der Waals surface area contributed by atoms with E-state index in [4.69, 9.17) is 10.8 Å². The second-order valence-electron chi connectivity index (χ2n) is 3.95. The van der Waals surface area contributed by atoms with Gasteiger partial charge in [-0.25, -0.2) is 4.39 Å². The average molecular weight is 290 g/mol. The number of anilines is 1. The van der Waals surface area contributed by atoms with Crippen LogP contribution < -0.4 is 5.73 Å². The van der Waals surface area contributed by atoms with Crippen molar-refractivity contribution in [2.75, 3.05) is 5.73 Å². The van der Waals surface area contributed by atoms with Crippen molar-refractivity contribution in [3.63, 3.8) is 0 Å². The lowest BCUT2D eigenvalue weighted by atomic mass is 9.87. The Morgan fingerprint density at radius 1 is 1.50 bits per heavy atom. The maximum absolute atomic E-state index is 13.2. The van der Waals surface area contributed by atoms with E-state index in [1.807, 2.05) is 0 Å². The Bertz CT molecular complexity index is 421. The van der Waals surface area contributed by atoms with Gasteiger partial charge in [0.15, 0.2) is 0 Å². The SMILES string of the molecule is CC(C)C(C(=O)O)c1cc(F)cc(Br)c1N. The third-order valence-corrected chi connectivity index (χ3v) is 3.05. The minimum Gasteiger partial charge on any atom is -0.481 e. The van der Waals surface area contributed by atoms with Crippen LogP contribution in [0.3, 0.4) is 0 Å². The summed E-state index contributed by atoms with van der Waals surface area (Å²) in [5, 5.41) is 9.11. The third-order valence-electron chi connectivity index (χ3n) is 2.39. The first-order valence-electron chi connectivity index (χ1n) is 4.81. The summed E-state index contributed by atoms with van der Waals surface area (Å²) in [5.41, 5.74) is 6.35. The van der Waals surface area contributed by atoms with Crippen molar-refractivity contribution in [3.05, 3.63) is 28.0 Å². The standard InChI is InChI=1S/C11H13BrFNO2/c1-5(2)9(11(15)16)7-3-6(13)4-8(12)10(7)14/h3-5,9H,14H2,1-2H3,(H,15,16). The molecule has 0 radical (unpaired) electrons. The highest BCUT2D eigenvalue weighted by atomic mass is 79.9. The van der Waals surface area contributed by atoms with Gasteiger partial charge in [-0.3, -0.25) is 4.79 Å². The molecule has 0 saturated heterocycles. The molecule has 5 heteroatoms. The predicted molar refractivity (Wildman–Crippen MR) is 63.7 cm³/mol. The van der Waals surface area contributed by atoms with Gasteiger partial charge in [0.25, 0.3) is 0 Å². The van der Waals surface area contributed by atoms with Crippen LogP contribution in [-0.2, 0) is 4.79 Å². The molecule has 0 saturated carbocycles. The van der Waals surface area contributed by atoms with Crippen LogP contribution in [0.15, 0.2) is 16.6 Å². The van der Waals surface area contributed by atoms with Gasteiger partial charge in [0, 0.05) is 4.47 Å². The van der Waals surface area contributed by atoms with Crippen molar-refractivity contribution in [1.82, 2.24) is 0 Å². The molecule has 0 bridgehead atoms. The van der Waals surface area contributed by atoms with Crippen molar-refractivity contribution < 1.29 is 14.3 Å². The molecule has 0 aliphatic rings. The molecule has 0 amide bonds. The van der Waals surface area contributed by atoms with E-state index >= 15 is 0 Å². The zero-order chi connectivity index (χ0) is 12.5. The van der Waals surface area contributed by atoms with E-state index in [9.17, 15) is 9.18 Å². The number of rotatable bonds is 3. The van der Waals surface area contributed by atoms with Crippen molar-refractivity contribution in [3.8, 4) is 0 Å². The Morgan fingerprint density at radius 2 is 2.06 bits per heavy atom. The summed E-state index contributed by atoms with van der Waals surface area (Å²) < 4.78 is 13.6. The first-order valence-corrected chi connectivity index (χ1v) is 5.61. The first kappa shape index (κ1) is 13.0. The van der Waals surface area contributed by atoms with E-state index in [0.29, 0.717) is 10.0 Å². The molecule has 3 N–H and O–H groups in total. The number of nitrogen functional groups attached to an aromatic ring is 1. The van der Waals surface area contributed by atoms with Crippen molar-refractivity contribution in [2.24, 2.45) is 5.92 Å². The molecule has 88 valence electrons. The van der Waals surface area contributed by atoms with E-state index in [1.54, 1.807) is 13.8 Å². The Labute approximate surface area is 102 Å². The number of carboxylic acid groups (broad SMARTS) is 1. The van der Waals surface area contributed by atoms with Crippen LogP contribution >= 0.6 is 15.9 Å². The summed E-state index contributed by atoms with van der Waals surface area (Å²) in [7, 11) is 0. The molecule has 3 nitrogen and oxygen atoms in total. The van der Waals surface area contributed by atoms with Gasteiger partial charge < -0.3 is 10.8 Å². The fourth-order valence-corrected chi connectivity index (χ4v) is 2.09. The van der Waals surface area contributed by atoms with E-state index in [-0.39, 0.29) is 11.6 Å². The zero-order valence-electron chi connectivity index (χ0n) is 9.00. The summed E-state index contributed by atoms with van der Waals surface area (Å²) in [4.78, 5) is 11.1. The molecule has 1 unspecified atom stereocenters. The smallest absolute Gasteiger partial charge is 0.311 e. The van der Waals surface area contributed by atoms with E-state index < -0.39 is 17.7 Å². The number of halogens is 2. The minimum absolute atomic E-state index is 0.159. The van der Waals surface area contributed by atoms with Crippen molar-refractivity contribution in [1.29, 1.82) is 0 Å². The van der Waals surface area contributed by atoms with Gasteiger partial charge in [-0.15, -0.1) is 0 Å². The van der Waals surface area contributed by atoms with Crippen LogP contribution in [0.1, 0.15) is 25.3 Å². The molecule has 1 rings (SSSR count). The fraction of sp³-hybridized carbons (Fsp3) is 0.364. The number of nitrogens with two attached hydrogens (primary N) is 1. The Kier molecular flexibility index (Phi) is 3.91. The maximum Gasteiger partial charge on any atom is 0.311 e. The molecule has 0 aliphatic carbocycles. The maximum atomic E-state index is 13.2. The molecule has 1 aromatic carbocycles. The molecule has 0 heterocycles. The van der Waals surface area contributed by atoms with E-state index in [2.05, 4.69) is 15.9 Å². The minimum atomic E-state index is -1.00. The van der Waals surface area contributed by atoms with Crippen LogP contribution in [0.4, 0.5) is 10.1 Å². The molecule has 16 heavy (non-hydrogen) atoms. The van der Waals surface area contributed by atoms with Gasteiger partial charge in [-0.1, -0.05) is 13.8 Å². The van der Waals surface area contributed by atoms with Gasteiger partial charge in [0.05, 0.1) is 11.6 Å². The quantitative estimate of drug-likeness (QED) is 0.841. The molecular weight excluding hydrogens is 277 g/mol. The van der Waals surface area contributed by atoms with Gasteiger partial charge in [0.1, 0.15) is 5.82 Å². The Hall–Kier alpha value is -1.10. The highest BCUT2D eigenvalue weighted by Crippen LogP contribution is 2.34. The molecule has 0 aromatic heterocycles. The lowest BCUT2D eigenvalue weighted by Crippen LogP contribution is -2.19. The number of aliphatic carboxylic acids is 1. The number of hydrogen-bond acceptors (Lipinski definition) is 2. The van der Waals surface area contributed by atoms with E-state index in [1.165, 1.54) is 12.1 Å². The lowest BCUT2D eigenvalue weighted by molar-refractivity contribution is -0.139. The summed E-state index contributed by atoms with van der Waals surface area (Å²) in [6.07, 6.45) is 0. The number of carbonyl (C=O) groups is 1. The monoisotopic (exact) mass is 289 g/mol. The van der Waals surface area contributed by atoms with Gasteiger partial charge in [-0.05, 0) is 39.5 Å². The van der Waals surface area contributed by atoms with Gasteiger partial charge in [-0.2, -0.15) is 0 Å². The zero-order valence-corrected chi connectivity index (χ0v) is 10.6. The van der Waals surface area contributed by atoms with Crippen LogP contribution in [0.25, 0.3) is 0 Å². The Balaban J connectivity index is 3.34. The van der Waals surface area contributed by atoms with Crippen LogP contribution in [0.2, 0.25) is 0 Å². The molecule has 1 atom stereocenters. The highest BCUT2D eigenvalue weighted by molar-refractivity contribution is 9.10. The predicted octanol–water partition coefficient (Wildman–Crippen LogP) is 2.99. The number of benzene rings is 1. The summed E-state index contributed by atoms with van der Waals surface area (Å²) in [6, 6.07) is 2.40. The average Bonchev–Trinajstić information content (AvgIpc) is 2.12.